The molecule has 3 aromatic rings. The molecule has 9 nitrogen and oxygen atoms in total. The first kappa shape index (κ1) is 22.3. The number of hydrogen-bond acceptors (Lipinski definition) is 8. The van der Waals surface area contributed by atoms with Gasteiger partial charge < -0.3 is 18.9 Å². The van der Waals surface area contributed by atoms with Crippen molar-refractivity contribution in [3.05, 3.63) is 77.6 Å². The van der Waals surface area contributed by atoms with Gasteiger partial charge >= 0.3 is 5.97 Å². The first-order valence-corrected chi connectivity index (χ1v) is 9.41. The van der Waals surface area contributed by atoms with Gasteiger partial charge in [-0.25, -0.2) is 10.2 Å². The molecule has 9 heteroatoms. The van der Waals surface area contributed by atoms with Crippen molar-refractivity contribution >= 4 is 18.1 Å². The van der Waals surface area contributed by atoms with Gasteiger partial charge in [-0.2, -0.15) is 5.10 Å². The highest BCUT2D eigenvalue weighted by atomic mass is 16.5. The van der Waals surface area contributed by atoms with Gasteiger partial charge in [0.1, 0.15) is 5.75 Å². The van der Waals surface area contributed by atoms with Crippen LogP contribution in [0.5, 0.6) is 23.0 Å². The molecule has 3 rings (SSSR count). The molecular weight excluding hydrogens is 414 g/mol. The lowest BCUT2D eigenvalue weighted by molar-refractivity contribution is 0.0733. The number of ether oxygens (including phenoxy) is 4. The SMILES string of the molecule is COc1cc(C(=O)Oc2ccc(C=NNC(=O)c3ccncc3)cc2)cc(OC)c1OC. The molecule has 0 saturated heterocycles. The Kier molecular flexibility index (Phi) is 7.37. The maximum atomic E-state index is 12.6. The Morgan fingerprint density at radius 3 is 2.06 bits per heavy atom. The fourth-order valence-corrected chi connectivity index (χ4v) is 2.72. The highest BCUT2D eigenvalue weighted by Gasteiger charge is 2.18. The zero-order chi connectivity index (χ0) is 22.9. The Morgan fingerprint density at radius 1 is 0.875 bits per heavy atom. The number of carbonyl (C=O) groups is 2. The number of rotatable bonds is 8. The van der Waals surface area contributed by atoms with Crippen LogP contribution in [0.2, 0.25) is 0 Å². The smallest absolute Gasteiger partial charge is 0.343 e. The third-order valence-electron chi connectivity index (χ3n) is 4.31. The Bertz CT molecular complexity index is 1090. The summed E-state index contributed by atoms with van der Waals surface area (Å²) in [6.07, 6.45) is 4.53. The summed E-state index contributed by atoms with van der Waals surface area (Å²) in [6.45, 7) is 0. The number of nitrogens with zero attached hydrogens (tertiary/aromatic N) is 2. The molecule has 32 heavy (non-hydrogen) atoms. The number of pyridine rings is 1. The van der Waals surface area contributed by atoms with Crippen LogP contribution < -0.4 is 24.4 Å². The molecule has 0 spiro atoms. The molecule has 0 unspecified atom stereocenters. The molecule has 0 fully saturated rings. The van der Waals surface area contributed by atoms with E-state index in [1.54, 1.807) is 36.4 Å². The van der Waals surface area contributed by atoms with Crippen molar-refractivity contribution in [2.24, 2.45) is 5.10 Å². The fraction of sp³-hybridized carbons (Fsp3) is 0.130. The lowest BCUT2D eigenvalue weighted by atomic mass is 10.2. The Morgan fingerprint density at radius 2 is 1.50 bits per heavy atom. The summed E-state index contributed by atoms with van der Waals surface area (Å²) in [6, 6.07) is 12.8. The van der Waals surface area contributed by atoms with E-state index in [-0.39, 0.29) is 11.5 Å². The highest BCUT2D eigenvalue weighted by molar-refractivity contribution is 5.95. The van der Waals surface area contributed by atoms with Gasteiger partial charge in [0.2, 0.25) is 5.75 Å². The van der Waals surface area contributed by atoms with Gasteiger partial charge in [0.05, 0.1) is 33.1 Å². The van der Waals surface area contributed by atoms with Gasteiger partial charge in [-0.1, -0.05) is 0 Å². The highest BCUT2D eigenvalue weighted by Crippen LogP contribution is 2.38. The summed E-state index contributed by atoms with van der Waals surface area (Å²) in [7, 11) is 4.41. The van der Waals surface area contributed by atoms with Crippen molar-refractivity contribution in [3.63, 3.8) is 0 Å². The molecule has 1 amide bonds. The Hall–Kier alpha value is -4.40. The number of methoxy groups -OCH3 is 3. The van der Waals surface area contributed by atoms with E-state index in [9.17, 15) is 9.59 Å². The predicted molar refractivity (Wildman–Crippen MR) is 117 cm³/mol. The van der Waals surface area contributed by atoms with Crippen molar-refractivity contribution in [2.75, 3.05) is 21.3 Å². The second-order valence-electron chi connectivity index (χ2n) is 6.31. The Labute approximate surface area is 184 Å². The number of hydrazone groups is 1. The molecule has 0 aliphatic heterocycles. The summed E-state index contributed by atoms with van der Waals surface area (Å²) in [5.41, 5.74) is 3.82. The van der Waals surface area contributed by atoms with Gasteiger partial charge in [-0.05, 0) is 54.1 Å². The van der Waals surface area contributed by atoms with E-state index in [4.69, 9.17) is 18.9 Å². The van der Waals surface area contributed by atoms with Crippen LogP contribution in [0, 0.1) is 0 Å². The number of aromatic nitrogens is 1. The van der Waals surface area contributed by atoms with Crippen LogP contribution in [0.3, 0.4) is 0 Å². The monoisotopic (exact) mass is 435 g/mol. The number of carbonyl (C=O) groups excluding carboxylic acids is 2. The minimum absolute atomic E-state index is 0.240. The molecular formula is C23H21N3O6. The molecule has 0 saturated carbocycles. The van der Waals surface area contributed by atoms with Crippen LogP contribution in [-0.4, -0.2) is 44.4 Å². The molecule has 0 aliphatic rings. The number of benzene rings is 2. The molecule has 0 bridgehead atoms. The first-order valence-electron chi connectivity index (χ1n) is 9.41. The first-order chi connectivity index (χ1) is 15.5. The standard InChI is InChI=1S/C23H21N3O6/c1-29-19-12-17(13-20(30-2)21(19)31-3)23(28)32-18-6-4-15(5-7-18)14-25-26-22(27)16-8-10-24-11-9-16/h4-14H,1-3H3,(H,26,27). The van der Waals surface area contributed by atoms with E-state index in [2.05, 4.69) is 15.5 Å². The average molecular weight is 435 g/mol. The van der Waals surface area contributed by atoms with Crippen molar-refractivity contribution < 1.29 is 28.5 Å². The summed E-state index contributed by atoms with van der Waals surface area (Å²) in [5.74, 6) is 0.473. The van der Waals surface area contributed by atoms with E-state index < -0.39 is 5.97 Å². The van der Waals surface area contributed by atoms with E-state index >= 15 is 0 Å². The van der Waals surface area contributed by atoms with Gasteiger partial charge in [-0.3, -0.25) is 9.78 Å². The average Bonchev–Trinajstić information content (AvgIpc) is 2.84. The zero-order valence-corrected chi connectivity index (χ0v) is 17.7. The zero-order valence-electron chi connectivity index (χ0n) is 17.7. The van der Waals surface area contributed by atoms with Gasteiger partial charge in [0.25, 0.3) is 5.91 Å². The molecule has 1 N–H and O–H groups in total. The molecule has 164 valence electrons. The third-order valence-corrected chi connectivity index (χ3v) is 4.31. The maximum Gasteiger partial charge on any atom is 0.343 e. The van der Waals surface area contributed by atoms with Crippen LogP contribution in [-0.2, 0) is 0 Å². The van der Waals surface area contributed by atoms with Crippen LogP contribution in [0.25, 0.3) is 0 Å². The van der Waals surface area contributed by atoms with Crippen molar-refractivity contribution in [1.82, 2.24) is 10.4 Å². The fourth-order valence-electron chi connectivity index (χ4n) is 2.72. The molecule has 0 aliphatic carbocycles. The van der Waals surface area contributed by atoms with Gasteiger partial charge in [-0.15, -0.1) is 0 Å². The normalized spacial score (nSPS) is 10.5. The lowest BCUT2D eigenvalue weighted by Gasteiger charge is -2.13. The van der Waals surface area contributed by atoms with Crippen LogP contribution >= 0.6 is 0 Å². The van der Waals surface area contributed by atoms with Gasteiger partial charge in [0.15, 0.2) is 11.5 Å². The Balaban J connectivity index is 1.64. The quantitative estimate of drug-likeness (QED) is 0.251. The largest absolute Gasteiger partial charge is 0.493 e. The van der Waals surface area contributed by atoms with Crippen molar-refractivity contribution in [3.8, 4) is 23.0 Å². The van der Waals surface area contributed by atoms with Crippen molar-refractivity contribution in [2.45, 2.75) is 0 Å². The van der Waals surface area contributed by atoms with E-state index in [0.29, 0.717) is 34.1 Å². The molecule has 1 aromatic heterocycles. The molecule has 2 aromatic carbocycles. The van der Waals surface area contributed by atoms with E-state index in [1.165, 1.54) is 52.1 Å². The van der Waals surface area contributed by atoms with E-state index in [1.807, 2.05) is 0 Å². The summed E-state index contributed by atoms with van der Waals surface area (Å²) < 4.78 is 21.2. The summed E-state index contributed by atoms with van der Waals surface area (Å²) >= 11 is 0. The van der Waals surface area contributed by atoms with E-state index in [0.717, 1.165) is 0 Å². The third kappa shape index (κ3) is 5.39. The summed E-state index contributed by atoms with van der Waals surface area (Å²) in [4.78, 5) is 28.4. The number of esters is 1. The summed E-state index contributed by atoms with van der Waals surface area (Å²) in [5, 5.41) is 3.92. The van der Waals surface area contributed by atoms with Crippen molar-refractivity contribution in [1.29, 1.82) is 0 Å². The number of nitrogens with one attached hydrogen (secondary N) is 1. The molecule has 1 heterocycles. The van der Waals surface area contributed by atoms with Crippen LogP contribution in [0.1, 0.15) is 26.3 Å². The second-order valence-corrected chi connectivity index (χ2v) is 6.31. The molecule has 0 radical (unpaired) electrons. The van der Waals surface area contributed by atoms with Gasteiger partial charge in [0, 0.05) is 18.0 Å². The predicted octanol–water partition coefficient (Wildman–Crippen LogP) is 3.09. The minimum Gasteiger partial charge on any atom is -0.493 e. The lowest BCUT2D eigenvalue weighted by Crippen LogP contribution is -2.17. The minimum atomic E-state index is -0.588. The maximum absolute atomic E-state index is 12.6. The van der Waals surface area contributed by atoms with Crippen LogP contribution in [0.4, 0.5) is 0 Å². The molecule has 0 atom stereocenters. The second kappa shape index (κ2) is 10.6. The van der Waals surface area contributed by atoms with Crippen LogP contribution in [0.15, 0.2) is 66.0 Å². The number of amides is 1. The number of hydrogen-bond donors (Lipinski definition) is 1. The topological polar surface area (TPSA) is 108 Å².